The molecule has 124 valence electrons. The van der Waals surface area contributed by atoms with E-state index in [9.17, 15) is 10.1 Å². The molecule has 2 heterocycles. The minimum Gasteiger partial charge on any atom is -0.294 e. The lowest BCUT2D eigenvalue weighted by Crippen LogP contribution is -2.02. The number of nitrogens with zero attached hydrogens (tertiary/aromatic N) is 3. The summed E-state index contributed by atoms with van der Waals surface area (Å²) in [5.41, 5.74) is 3.63. The Hall–Kier alpha value is -2.49. The maximum Gasteiger partial charge on any atom is 0.161 e. The van der Waals surface area contributed by atoms with Crippen molar-refractivity contribution in [2.75, 3.05) is 0 Å². The molecule has 1 aromatic carbocycles. The molecule has 0 N–H and O–H groups in total. The molecule has 3 aromatic rings. The van der Waals surface area contributed by atoms with Crippen molar-refractivity contribution in [3.63, 3.8) is 0 Å². The van der Waals surface area contributed by atoms with Gasteiger partial charge in [-0.3, -0.25) is 4.79 Å². The van der Waals surface area contributed by atoms with Crippen LogP contribution in [-0.2, 0) is 5.75 Å². The third-order valence-corrected chi connectivity index (χ3v) is 5.57. The number of hydrogen-bond acceptors (Lipinski definition) is 6. The highest BCUT2D eigenvalue weighted by Crippen LogP contribution is 2.29. The second-order valence-electron chi connectivity index (χ2n) is 5.44. The Morgan fingerprint density at radius 1 is 1.28 bits per heavy atom. The molecule has 0 atom stereocenters. The molecule has 0 bridgehead atoms. The number of aryl methyl sites for hydroxylation is 1. The van der Waals surface area contributed by atoms with Crippen LogP contribution in [0.4, 0.5) is 0 Å². The molecule has 0 aliphatic heterocycles. The highest BCUT2D eigenvalue weighted by Gasteiger charge is 2.13. The Balaban J connectivity index is 1.78. The standard InChI is InChI=1S/C19H15N3OS2/c1-12-17(13(2)23)8-15(9-20)19(21-12)25-11-16-10-24-18(22-16)14-6-4-3-5-7-14/h3-8,10H,11H2,1-2H3. The van der Waals surface area contributed by atoms with Crippen molar-refractivity contribution in [3.8, 4) is 16.6 Å². The van der Waals surface area contributed by atoms with E-state index in [0.29, 0.717) is 27.6 Å². The van der Waals surface area contributed by atoms with E-state index in [4.69, 9.17) is 0 Å². The van der Waals surface area contributed by atoms with E-state index in [2.05, 4.69) is 16.0 Å². The highest BCUT2D eigenvalue weighted by molar-refractivity contribution is 7.98. The normalized spacial score (nSPS) is 10.4. The molecule has 0 saturated heterocycles. The van der Waals surface area contributed by atoms with Gasteiger partial charge in [-0.05, 0) is 19.9 Å². The monoisotopic (exact) mass is 365 g/mol. The van der Waals surface area contributed by atoms with Gasteiger partial charge < -0.3 is 0 Å². The summed E-state index contributed by atoms with van der Waals surface area (Å²) in [4.78, 5) is 20.7. The predicted octanol–water partition coefficient (Wildman–Crippen LogP) is 4.88. The topological polar surface area (TPSA) is 66.6 Å². The quantitative estimate of drug-likeness (QED) is 0.476. The van der Waals surface area contributed by atoms with Gasteiger partial charge in [0, 0.05) is 28.0 Å². The molecule has 25 heavy (non-hydrogen) atoms. The molecule has 0 spiro atoms. The van der Waals surface area contributed by atoms with Gasteiger partial charge in [0.2, 0.25) is 0 Å². The molecular weight excluding hydrogens is 350 g/mol. The number of carbonyl (C=O) groups is 1. The van der Waals surface area contributed by atoms with Crippen molar-refractivity contribution in [1.29, 1.82) is 5.26 Å². The molecule has 0 saturated carbocycles. The number of carbonyl (C=O) groups excluding carboxylic acids is 1. The predicted molar refractivity (Wildman–Crippen MR) is 101 cm³/mol. The zero-order valence-corrected chi connectivity index (χ0v) is 15.4. The molecule has 0 amide bonds. The summed E-state index contributed by atoms with van der Waals surface area (Å²) < 4.78 is 0. The number of ketones is 1. The second kappa shape index (κ2) is 7.60. The van der Waals surface area contributed by atoms with E-state index in [1.807, 2.05) is 35.7 Å². The maximum atomic E-state index is 11.6. The van der Waals surface area contributed by atoms with Crippen molar-refractivity contribution in [2.24, 2.45) is 0 Å². The van der Waals surface area contributed by atoms with Crippen molar-refractivity contribution in [1.82, 2.24) is 9.97 Å². The smallest absolute Gasteiger partial charge is 0.161 e. The lowest BCUT2D eigenvalue weighted by molar-refractivity contribution is 0.101. The fourth-order valence-corrected chi connectivity index (χ4v) is 4.18. The summed E-state index contributed by atoms with van der Waals surface area (Å²) in [5, 5.41) is 13.0. The molecule has 0 unspecified atom stereocenters. The van der Waals surface area contributed by atoms with Gasteiger partial charge in [0.1, 0.15) is 16.1 Å². The van der Waals surface area contributed by atoms with Gasteiger partial charge in [-0.2, -0.15) is 5.26 Å². The first-order chi connectivity index (χ1) is 12.1. The van der Waals surface area contributed by atoms with E-state index < -0.39 is 0 Å². The molecule has 4 nitrogen and oxygen atoms in total. The molecule has 0 aliphatic rings. The number of rotatable bonds is 5. The molecule has 0 fully saturated rings. The lowest BCUT2D eigenvalue weighted by atomic mass is 10.1. The van der Waals surface area contributed by atoms with Crippen LogP contribution in [0.1, 0.15) is 34.2 Å². The van der Waals surface area contributed by atoms with E-state index in [0.717, 1.165) is 16.3 Å². The summed E-state index contributed by atoms with van der Waals surface area (Å²) >= 11 is 3.07. The Morgan fingerprint density at radius 2 is 2.04 bits per heavy atom. The minimum atomic E-state index is -0.0787. The van der Waals surface area contributed by atoms with Crippen LogP contribution in [0, 0.1) is 18.3 Å². The number of thioether (sulfide) groups is 1. The minimum absolute atomic E-state index is 0.0787. The van der Waals surface area contributed by atoms with Crippen LogP contribution >= 0.6 is 23.1 Å². The molecule has 3 rings (SSSR count). The van der Waals surface area contributed by atoms with Crippen LogP contribution in [0.25, 0.3) is 10.6 Å². The summed E-state index contributed by atoms with van der Waals surface area (Å²) in [6, 6.07) is 13.8. The van der Waals surface area contributed by atoms with Crippen LogP contribution in [0.15, 0.2) is 46.8 Å². The summed E-state index contributed by atoms with van der Waals surface area (Å²) in [6.45, 7) is 3.27. The van der Waals surface area contributed by atoms with Gasteiger partial charge >= 0.3 is 0 Å². The molecule has 2 aromatic heterocycles. The van der Waals surface area contributed by atoms with E-state index >= 15 is 0 Å². The van der Waals surface area contributed by atoms with Crippen LogP contribution in [-0.4, -0.2) is 15.8 Å². The SMILES string of the molecule is CC(=O)c1cc(C#N)c(SCc2csc(-c3ccccc3)n2)nc1C. The van der Waals surface area contributed by atoms with Crippen LogP contribution in [0.2, 0.25) is 0 Å². The summed E-state index contributed by atoms with van der Waals surface area (Å²) in [7, 11) is 0. The lowest BCUT2D eigenvalue weighted by Gasteiger charge is -2.07. The van der Waals surface area contributed by atoms with Crippen LogP contribution in [0.3, 0.4) is 0 Å². The first-order valence-corrected chi connectivity index (χ1v) is 9.50. The average molecular weight is 365 g/mol. The van der Waals surface area contributed by atoms with Gasteiger partial charge in [0.25, 0.3) is 0 Å². The Morgan fingerprint density at radius 3 is 2.72 bits per heavy atom. The number of thiazole rings is 1. The second-order valence-corrected chi connectivity index (χ2v) is 7.26. The zero-order chi connectivity index (χ0) is 17.8. The van der Waals surface area contributed by atoms with Crippen molar-refractivity contribution < 1.29 is 4.79 Å². The van der Waals surface area contributed by atoms with Gasteiger partial charge in [-0.15, -0.1) is 11.3 Å². The van der Waals surface area contributed by atoms with Crippen molar-refractivity contribution >= 4 is 28.9 Å². The number of pyridine rings is 1. The number of Topliss-reactive ketones (excluding diaryl/α,β-unsaturated/α-hetero) is 1. The average Bonchev–Trinajstić information content (AvgIpc) is 3.09. The maximum absolute atomic E-state index is 11.6. The van der Waals surface area contributed by atoms with E-state index in [1.165, 1.54) is 18.7 Å². The van der Waals surface area contributed by atoms with Gasteiger partial charge in [-0.25, -0.2) is 9.97 Å². The van der Waals surface area contributed by atoms with E-state index in [-0.39, 0.29) is 5.78 Å². The Bertz CT molecular complexity index is 959. The fraction of sp³-hybridized carbons (Fsp3) is 0.158. The fourth-order valence-electron chi connectivity index (χ4n) is 2.36. The first-order valence-electron chi connectivity index (χ1n) is 7.64. The Labute approximate surface area is 154 Å². The zero-order valence-electron chi connectivity index (χ0n) is 13.8. The van der Waals surface area contributed by atoms with Crippen molar-refractivity contribution in [3.05, 3.63) is 64.3 Å². The number of aromatic nitrogens is 2. The van der Waals surface area contributed by atoms with Crippen LogP contribution in [0.5, 0.6) is 0 Å². The number of nitriles is 1. The third kappa shape index (κ3) is 3.95. The van der Waals surface area contributed by atoms with Crippen molar-refractivity contribution in [2.45, 2.75) is 24.6 Å². The Kier molecular flexibility index (Phi) is 5.27. The van der Waals surface area contributed by atoms with Gasteiger partial charge in [0.05, 0.1) is 11.3 Å². The van der Waals surface area contributed by atoms with E-state index in [1.54, 1.807) is 24.3 Å². The van der Waals surface area contributed by atoms with Gasteiger partial charge in [0.15, 0.2) is 5.78 Å². The summed E-state index contributed by atoms with van der Waals surface area (Å²) in [5.74, 6) is 0.550. The highest BCUT2D eigenvalue weighted by atomic mass is 32.2. The molecular formula is C19H15N3OS2. The first kappa shape index (κ1) is 17.3. The molecule has 0 radical (unpaired) electrons. The molecule has 6 heteroatoms. The van der Waals surface area contributed by atoms with Gasteiger partial charge in [-0.1, -0.05) is 42.1 Å². The summed E-state index contributed by atoms with van der Waals surface area (Å²) in [6.07, 6.45) is 0. The number of benzene rings is 1. The largest absolute Gasteiger partial charge is 0.294 e. The number of hydrogen-bond donors (Lipinski definition) is 0. The van der Waals surface area contributed by atoms with Crippen LogP contribution < -0.4 is 0 Å². The third-order valence-electron chi connectivity index (χ3n) is 3.61. The molecule has 0 aliphatic carbocycles.